The van der Waals surface area contributed by atoms with E-state index in [1.54, 1.807) is 18.4 Å². The molecule has 6 heteroatoms. The van der Waals surface area contributed by atoms with Gasteiger partial charge in [-0.25, -0.2) is 4.98 Å². The van der Waals surface area contributed by atoms with Gasteiger partial charge >= 0.3 is 0 Å². The Balaban J connectivity index is 1.91. The maximum Gasteiger partial charge on any atom is 0.225 e. The summed E-state index contributed by atoms with van der Waals surface area (Å²) in [6.45, 7) is 2.09. The Morgan fingerprint density at radius 2 is 1.73 bits per heavy atom. The first-order valence-corrected chi connectivity index (χ1v) is 9.28. The zero-order valence-electron chi connectivity index (χ0n) is 14.3. The highest BCUT2D eigenvalue weighted by Crippen LogP contribution is 2.42. The predicted molar refractivity (Wildman–Crippen MR) is 109 cm³/mol. The molecule has 2 aromatic heterocycles. The highest BCUT2D eigenvalue weighted by molar-refractivity contribution is 7.19. The van der Waals surface area contributed by atoms with Crippen LogP contribution in [0.2, 0.25) is 5.28 Å². The Labute approximate surface area is 160 Å². The van der Waals surface area contributed by atoms with Gasteiger partial charge in [0.15, 0.2) is 0 Å². The molecule has 0 atom stereocenters. The van der Waals surface area contributed by atoms with Crippen LogP contribution in [-0.4, -0.2) is 17.1 Å². The molecule has 0 aliphatic rings. The molecule has 0 saturated heterocycles. The van der Waals surface area contributed by atoms with Crippen LogP contribution in [0.15, 0.2) is 54.6 Å². The Morgan fingerprint density at radius 3 is 2.42 bits per heavy atom. The van der Waals surface area contributed by atoms with Crippen LogP contribution in [0, 0.1) is 6.92 Å². The number of nitrogens with one attached hydrogen (secondary N) is 1. The third kappa shape index (κ3) is 3.11. The molecular formula is C20H16ClN3OS. The van der Waals surface area contributed by atoms with Gasteiger partial charge in [-0.1, -0.05) is 30.3 Å². The number of halogens is 1. The molecule has 4 rings (SSSR count). The molecule has 1 N–H and O–H groups in total. The average molecular weight is 382 g/mol. The van der Waals surface area contributed by atoms with Crippen molar-refractivity contribution in [2.45, 2.75) is 6.92 Å². The smallest absolute Gasteiger partial charge is 0.225 e. The first-order valence-electron chi connectivity index (χ1n) is 8.09. The molecule has 0 aliphatic carbocycles. The molecule has 2 heterocycles. The van der Waals surface area contributed by atoms with Crippen molar-refractivity contribution in [2.24, 2.45) is 0 Å². The molecule has 0 aliphatic heterocycles. The van der Waals surface area contributed by atoms with E-state index in [0.29, 0.717) is 5.82 Å². The Bertz CT molecular complexity index is 1060. The van der Waals surface area contributed by atoms with Gasteiger partial charge in [0, 0.05) is 16.1 Å². The van der Waals surface area contributed by atoms with Crippen LogP contribution in [-0.2, 0) is 0 Å². The fourth-order valence-electron chi connectivity index (χ4n) is 2.94. The van der Waals surface area contributed by atoms with Crippen LogP contribution in [0.5, 0.6) is 5.75 Å². The van der Waals surface area contributed by atoms with Crippen molar-refractivity contribution in [2.75, 3.05) is 12.4 Å². The fourth-order valence-corrected chi connectivity index (χ4v) is 4.20. The molecule has 26 heavy (non-hydrogen) atoms. The summed E-state index contributed by atoms with van der Waals surface area (Å²) in [5.74, 6) is 1.54. The maximum atomic E-state index is 6.17. The second-order valence-corrected chi connectivity index (χ2v) is 7.32. The summed E-state index contributed by atoms with van der Waals surface area (Å²) < 4.78 is 5.27. The third-order valence-electron chi connectivity index (χ3n) is 4.12. The van der Waals surface area contributed by atoms with Crippen LogP contribution in [0.25, 0.3) is 21.3 Å². The van der Waals surface area contributed by atoms with E-state index < -0.39 is 0 Å². The number of para-hydroxylation sites is 1. The first kappa shape index (κ1) is 16.8. The largest absolute Gasteiger partial charge is 0.497 e. The summed E-state index contributed by atoms with van der Waals surface area (Å²) in [6, 6.07) is 17.9. The Morgan fingerprint density at radius 1 is 1.00 bits per heavy atom. The molecule has 2 aromatic carbocycles. The van der Waals surface area contributed by atoms with E-state index in [2.05, 4.69) is 22.2 Å². The number of thiophene rings is 1. The quantitative estimate of drug-likeness (QED) is 0.435. The van der Waals surface area contributed by atoms with E-state index in [1.165, 1.54) is 0 Å². The number of hydrogen-bond acceptors (Lipinski definition) is 5. The standard InChI is InChI=1S/C20H16ClN3OS/c1-12-16(13-8-10-15(25-2)11-9-13)17-18(22-14-6-4-3-5-7-14)23-20(21)24-19(17)26-12/h3-11H,1-2H3,(H,22,23,24). The van der Waals surface area contributed by atoms with Gasteiger partial charge in [-0.2, -0.15) is 4.98 Å². The summed E-state index contributed by atoms with van der Waals surface area (Å²) in [6.07, 6.45) is 0. The molecule has 0 unspecified atom stereocenters. The van der Waals surface area contributed by atoms with Crippen molar-refractivity contribution in [1.29, 1.82) is 0 Å². The second kappa shape index (κ2) is 6.94. The topological polar surface area (TPSA) is 47.0 Å². The lowest BCUT2D eigenvalue weighted by molar-refractivity contribution is 0.415. The monoisotopic (exact) mass is 381 g/mol. The van der Waals surface area contributed by atoms with Crippen LogP contribution >= 0.6 is 22.9 Å². The van der Waals surface area contributed by atoms with E-state index in [-0.39, 0.29) is 5.28 Å². The van der Waals surface area contributed by atoms with Gasteiger partial charge in [-0.15, -0.1) is 11.3 Å². The van der Waals surface area contributed by atoms with E-state index >= 15 is 0 Å². The maximum absolute atomic E-state index is 6.17. The van der Waals surface area contributed by atoms with Gasteiger partial charge in [0.05, 0.1) is 12.5 Å². The number of hydrogen-bond donors (Lipinski definition) is 1. The molecule has 0 bridgehead atoms. The van der Waals surface area contributed by atoms with Gasteiger partial charge in [0.2, 0.25) is 5.28 Å². The number of benzene rings is 2. The highest BCUT2D eigenvalue weighted by atomic mass is 35.5. The summed E-state index contributed by atoms with van der Waals surface area (Å²) in [5, 5.41) is 4.59. The highest BCUT2D eigenvalue weighted by Gasteiger charge is 2.18. The van der Waals surface area contributed by atoms with E-state index in [1.807, 2.05) is 54.6 Å². The van der Waals surface area contributed by atoms with Crippen molar-refractivity contribution in [3.8, 4) is 16.9 Å². The molecule has 0 fully saturated rings. The Hall–Kier alpha value is -2.63. The van der Waals surface area contributed by atoms with E-state index in [9.17, 15) is 0 Å². The number of fused-ring (bicyclic) bond motifs is 1. The minimum atomic E-state index is 0.235. The predicted octanol–water partition coefficient (Wildman–Crippen LogP) is 6.07. The van der Waals surface area contributed by atoms with Crippen molar-refractivity contribution < 1.29 is 4.74 Å². The van der Waals surface area contributed by atoms with Crippen LogP contribution in [0.3, 0.4) is 0 Å². The number of aryl methyl sites for hydroxylation is 1. The van der Waals surface area contributed by atoms with Crippen LogP contribution in [0.4, 0.5) is 11.5 Å². The van der Waals surface area contributed by atoms with E-state index in [0.717, 1.165) is 37.7 Å². The summed E-state index contributed by atoms with van der Waals surface area (Å²) in [7, 11) is 1.66. The summed E-state index contributed by atoms with van der Waals surface area (Å²) in [4.78, 5) is 10.9. The van der Waals surface area contributed by atoms with Crippen molar-refractivity contribution in [3.63, 3.8) is 0 Å². The molecule has 4 nitrogen and oxygen atoms in total. The molecule has 4 aromatic rings. The van der Waals surface area contributed by atoms with Gasteiger partial charge in [-0.3, -0.25) is 0 Å². The van der Waals surface area contributed by atoms with Crippen molar-refractivity contribution in [3.05, 3.63) is 64.8 Å². The lowest BCUT2D eigenvalue weighted by Gasteiger charge is -2.10. The third-order valence-corrected chi connectivity index (χ3v) is 5.28. The molecular weight excluding hydrogens is 366 g/mol. The normalized spacial score (nSPS) is 10.9. The van der Waals surface area contributed by atoms with Crippen LogP contribution in [0.1, 0.15) is 4.88 Å². The first-order chi connectivity index (χ1) is 12.7. The number of methoxy groups -OCH3 is 1. The number of rotatable bonds is 4. The summed E-state index contributed by atoms with van der Waals surface area (Å²) >= 11 is 7.78. The molecule has 130 valence electrons. The molecule has 0 saturated carbocycles. The van der Waals surface area contributed by atoms with Gasteiger partial charge < -0.3 is 10.1 Å². The van der Waals surface area contributed by atoms with Gasteiger partial charge in [0.25, 0.3) is 0 Å². The number of aromatic nitrogens is 2. The molecule has 0 amide bonds. The number of anilines is 2. The number of ether oxygens (including phenoxy) is 1. The lowest BCUT2D eigenvalue weighted by Crippen LogP contribution is -1.96. The average Bonchev–Trinajstić information content (AvgIpc) is 2.98. The van der Waals surface area contributed by atoms with Crippen LogP contribution < -0.4 is 10.1 Å². The van der Waals surface area contributed by atoms with Gasteiger partial charge in [-0.05, 0) is 48.4 Å². The lowest BCUT2D eigenvalue weighted by atomic mass is 10.0. The molecule has 0 spiro atoms. The van der Waals surface area contributed by atoms with Gasteiger partial charge in [0.1, 0.15) is 16.4 Å². The van der Waals surface area contributed by atoms with E-state index in [4.69, 9.17) is 16.3 Å². The minimum Gasteiger partial charge on any atom is -0.497 e. The SMILES string of the molecule is COc1ccc(-c2c(C)sc3nc(Cl)nc(Nc4ccccc4)c23)cc1. The molecule has 0 radical (unpaired) electrons. The zero-order chi connectivity index (χ0) is 18.1. The van der Waals surface area contributed by atoms with Crippen molar-refractivity contribution >= 4 is 44.7 Å². The number of nitrogens with zero attached hydrogens (tertiary/aromatic N) is 2. The summed E-state index contributed by atoms with van der Waals surface area (Å²) in [5.41, 5.74) is 3.16. The Kier molecular flexibility index (Phi) is 4.49. The minimum absolute atomic E-state index is 0.235. The second-order valence-electron chi connectivity index (χ2n) is 5.77. The van der Waals surface area contributed by atoms with Crippen molar-refractivity contribution in [1.82, 2.24) is 9.97 Å². The fraction of sp³-hybridized carbons (Fsp3) is 0.100. The zero-order valence-corrected chi connectivity index (χ0v) is 15.9.